The molecule has 144 valence electrons. The van der Waals surface area contributed by atoms with Crippen molar-refractivity contribution in [2.75, 3.05) is 6.54 Å². The molecular formula is C17H14ClF3N2O4. The second-order valence-corrected chi connectivity index (χ2v) is 6.06. The average molecular weight is 403 g/mol. The SMILES string of the molecule is O=C(NCCC(O)(c1ccccc1)C(F)(F)F)c1cc([N+](=O)[O-])ccc1Cl. The van der Waals surface area contributed by atoms with Crippen LogP contribution in [0.25, 0.3) is 0 Å². The Labute approximate surface area is 156 Å². The number of nitrogens with one attached hydrogen (secondary N) is 1. The number of alkyl halides is 3. The smallest absolute Gasteiger partial charge is 0.376 e. The summed E-state index contributed by atoms with van der Waals surface area (Å²) in [7, 11) is 0. The van der Waals surface area contributed by atoms with Crippen molar-refractivity contribution in [2.45, 2.75) is 18.2 Å². The van der Waals surface area contributed by atoms with Gasteiger partial charge < -0.3 is 10.4 Å². The van der Waals surface area contributed by atoms with Gasteiger partial charge in [0, 0.05) is 25.1 Å². The molecule has 0 fully saturated rings. The Morgan fingerprint density at radius 1 is 1.19 bits per heavy atom. The van der Waals surface area contributed by atoms with Gasteiger partial charge in [-0.25, -0.2) is 0 Å². The van der Waals surface area contributed by atoms with E-state index >= 15 is 0 Å². The number of benzene rings is 2. The second kappa shape index (κ2) is 7.93. The van der Waals surface area contributed by atoms with Crippen LogP contribution in [0.15, 0.2) is 48.5 Å². The van der Waals surface area contributed by atoms with Gasteiger partial charge in [-0.2, -0.15) is 13.2 Å². The summed E-state index contributed by atoms with van der Waals surface area (Å²) >= 11 is 5.82. The third-order valence-corrected chi connectivity index (χ3v) is 4.23. The Kier molecular flexibility index (Phi) is 6.07. The molecular weight excluding hydrogens is 389 g/mol. The molecule has 0 saturated carbocycles. The second-order valence-electron chi connectivity index (χ2n) is 5.65. The maximum Gasteiger partial charge on any atom is 0.421 e. The van der Waals surface area contributed by atoms with Crippen LogP contribution < -0.4 is 5.32 Å². The predicted octanol–water partition coefficient (Wildman–Crippen LogP) is 3.82. The molecule has 0 radical (unpaired) electrons. The Bertz CT molecular complexity index is 846. The van der Waals surface area contributed by atoms with E-state index in [0.29, 0.717) is 0 Å². The largest absolute Gasteiger partial charge is 0.421 e. The molecule has 2 aromatic rings. The van der Waals surface area contributed by atoms with Crippen LogP contribution in [0, 0.1) is 10.1 Å². The average Bonchev–Trinajstić information content (AvgIpc) is 2.61. The highest BCUT2D eigenvalue weighted by Gasteiger charge is 2.54. The number of nitro benzene ring substituents is 1. The number of halogens is 4. The van der Waals surface area contributed by atoms with Crippen molar-refractivity contribution < 1.29 is 28.0 Å². The van der Waals surface area contributed by atoms with Gasteiger partial charge in [0.1, 0.15) is 0 Å². The summed E-state index contributed by atoms with van der Waals surface area (Å²) in [5.74, 6) is -0.888. The summed E-state index contributed by atoms with van der Waals surface area (Å²) in [6, 6.07) is 9.64. The molecule has 6 nitrogen and oxygen atoms in total. The van der Waals surface area contributed by atoms with Gasteiger partial charge in [0.05, 0.1) is 15.5 Å². The van der Waals surface area contributed by atoms with Crippen LogP contribution in [0.2, 0.25) is 5.02 Å². The number of aliphatic hydroxyl groups is 1. The summed E-state index contributed by atoms with van der Waals surface area (Å²) in [6.45, 7) is -0.539. The maximum absolute atomic E-state index is 13.4. The summed E-state index contributed by atoms with van der Waals surface area (Å²) in [6.07, 6.45) is -5.82. The van der Waals surface area contributed by atoms with Crippen molar-refractivity contribution in [3.05, 3.63) is 74.8 Å². The molecule has 0 spiro atoms. The molecule has 0 aliphatic rings. The zero-order valence-electron chi connectivity index (χ0n) is 13.7. The van der Waals surface area contributed by atoms with E-state index in [0.717, 1.165) is 30.3 Å². The van der Waals surface area contributed by atoms with Crippen LogP contribution in [0.4, 0.5) is 18.9 Å². The van der Waals surface area contributed by atoms with Crippen molar-refractivity contribution in [3.63, 3.8) is 0 Å². The normalized spacial score (nSPS) is 13.7. The van der Waals surface area contributed by atoms with Crippen LogP contribution in [0.3, 0.4) is 0 Å². The number of hydrogen-bond donors (Lipinski definition) is 2. The lowest BCUT2D eigenvalue weighted by Crippen LogP contribution is -2.45. The molecule has 1 atom stereocenters. The van der Waals surface area contributed by atoms with E-state index in [1.807, 2.05) is 0 Å². The summed E-state index contributed by atoms with van der Waals surface area (Å²) in [4.78, 5) is 22.2. The molecule has 0 aromatic heterocycles. The minimum atomic E-state index is -4.97. The zero-order chi connectivity index (χ0) is 20.2. The van der Waals surface area contributed by atoms with E-state index in [9.17, 15) is 33.2 Å². The van der Waals surface area contributed by atoms with E-state index in [1.165, 1.54) is 18.2 Å². The molecule has 10 heteroatoms. The van der Waals surface area contributed by atoms with E-state index in [-0.39, 0.29) is 21.8 Å². The number of nitrogens with zero attached hydrogens (tertiary/aromatic N) is 1. The molecule has 0 aliphatic carbocycles. The fraction of sp³-hybridized carbons (Fsp3) is 0.235. The lowest BCUT2D eigenvalue weighted by Gasteiger charge is -2.31. The first-order valence-electron chi connectivity index (χ1n) is 7.63. The first kappa shape index (κ1) is 20.7. The quantitative estimate of drug-likeness (QED) is 0.567. The van der Waals surface area contributed by atoms with E-state index in [2.05, 4.69) is 5.32 Å². The summed E-state index contributed by atoms with van der Waals surface area (Å²) < 4.78 is 40.2. The van der Waals surface area contributed by atoms with Crippen molar-refractivity contribution in [2.24, 2.45) is 0 Å². The third kappa shape index (κ3) is 4.55. The monoisotopic (exact) mass is 402 g/mol. The number of hydrogen-bond acceptors (Lipinski definition) is 4. The third-order valence-electron chi connectivity index (χ3n) is 3.90. The van der Waals surface area contributed by atoms with Crippen LogP contribution in [-0.4, -0.2) is 28.7 Å². The first-order valence-corrected chi connectivity index (χ1v) is 8.01. The number of nitro groups is 1. The number of amides is 1. The van der Waals surface area contributed by atoms with Gasteiger partial charge in [-0.3, -0.25) is 14.9 Å². The highest BCUT2D eigenvalue weighted by Crippen LogP contribution is 2.41. The predicted molar refractivity (Wildman–Crippen MR) is 91.5 cm³/mol. The number of carbonyl (C=O) groups excluding carboxylic acids is 1. The lowest BCUT2D eigenvalue weighted by molar-refractivity contribution is -0.384. The fourth-order valence-corrected chi connectivity index (χ4v) is 2.62. The molecule has 0 bridgehead atoms. The van der Waals surface area contributed by atoms with Gasteiger partial charge in [0.2, 0.25) is 0 Å². The molecule has 2 rings (SSSR count). The number of rotatable bonds is 6. The van der Waals surface area contributed by atoms with Crippen molar-refractivity contribution in [1.82, 2.24) is 5.32 Å². The van der Waals surface area contributed by atoms with Crippen molar-refractivity contribution in [1.29, 1.82) is 0 Å². The minimum absolute atomic E-state index is 0.0905. The van der Waals surface area contributed by atoms with Gasteiger partial charge in [0.25, 0.3) is 11.6 Å². The zero-order valence-corrected chi connectivity index (χ0v) is 14.4. The van der Waals surface area contributed by atoms with Gasteiger partial charge >= 0.3 is 6.18 Å². The molecule has 27 heavy (non-hydrogen) atoms. The Morgan fingerprint density at radius 2 is 1.81 bits per heavy atom. The van der Waals surface area contributed by atoms with Crippen LogP contribution in [0.5, 0.6) is 0 Å². The van der Waals surface area contributed by atoms with E-state index in [4.69, 9.17) is 11.6 Å². The first-order chi connectivity index (χ1) is 12.6. The maximum atomic E-state index is 13.4. The van der Waals surface area contributed by atoms with Gasteiger partial charge in [-0.05, 0) is 11.6 Å². The Balaban J connectivity index is 2.15. The van der Waals surface area contributed by atoms with E-state index in [1.54, 1.807) is 0 Å². The van der Waals surface area contributed by atoms with Gasteiger partial charge in [-0.1, -0.05) is 41.9 Å². The highest BCUT2D eigenvalue weighted by molar-refractivity contribution is 6.33. The molecule has 2 N–H and O–H groups in total. The molecule has 1 amide bonds. The van der Waals surface area contributed by atoms with Crippen LogP contribution in [0.1, 0.15) is 22.3 Å². The lowest BCUT2D eigenvalue weighted by atomic mass is 9.89. The van der Waals surface area contributed by atoms with Gasteiger partial charge in [0.15, 0.2) is 5.60 Å². The summed E-state index contributed by atoms with van der Waals surface area (Å²) in [5, 5.41) is 23.1. The topological polar surface area (TPSA) is 92.5 Å². The molecule has 0 saturated heterocycles. The Hall–Kier alpha value is -2.65. The van der Waals surface area contributed by atoms with Gasteiger partial charge in [-0.15, -0.1) is 0 Å². The highest BCUT2D eigenvalue weighted by atomic mass is 35.5. The summed E-state index contributed by atoms with van der Waals surface area (Å²) in [5.41, 5.74) is -4.16. The standard InChI is InChI=1S/C17H14ClF3N2O4/c18-14-7-6-12(23(26)27)10-13(14)15(24)22-9-8-16(25,17(19,20)21)11-4-2-1-3-5-11/h1-7,10,25H,8-9H2,(H,22,24). The minimum Gasteiger partial charge on any atom is -0.376 e. The van der Waals surface area contributed by atoms with Crippen LogP contribution >= 0.6 is 11.6 Å². The van der Waals surface area contributed by atoms with E-state index < -0.39 is 35.6 Å². The van der Waals surface area contributed by atoms with Crippen molar-refractivity contribution >= 4 is 23.2 Å². The van der Waals surface area contributed by atoms with Crippen LogP contribution in [-0.2, 0) is 5.60 Å². The fourth-order valence-electron chi connectivity index (χ4n) is 2.42. The van der Waals surface area contributed by atoms with Crippen molar-refractivity contribution in [3.8, 4) is 0 Å². The Morgan fingerprint density at radius 3 is 2.37 bits per heavy atom. The number of carbonyl (C=O) groups is 1. The molecule has 2 aromatic carbocycles. The number of non-ortho nitro benzene ring substituents is 1. The molecule has 0 aliphatic heterocycles. The molecule has 1 unspecified atom stereocenters. The molecule has 0 heterocycles.